The Hall–Kier alpha value is -2.35. The lowest BCUT2D eigenvalue weighted by molar-refractivity contribution is -0.147. The number of carboxylic acid groups (broad SMARTS) is 1. The number of aliphatic carboxylic acids is 1. The number of nitrogen functional groups attached to an aromatic ring is 1. The van der Waals surface area contributed by atoms with Gasteiger partial charge in [0.15, 0.2) is 11.5 Å². The van der Waals surface area contributed by atoms with Gasteiger partial charge in [-0.15, -0.1) is 12.4 Å². The van der Waals surface area contributed by atoms with Gasteiger partial charge in [-0.25, -0.2) is 4.79 Å². The van der Waals surface area contributed by atoms with Crippen molar-refractivity contribution in [1.82, 2.24) is 4.90 Å². The number of methoxy groups -OCH3 is 1. The molecule has 2 aliphatic heterocycles. The standard InChI is InChI=1S/C23H27ClN2O5.ClH/c1-29-17-4-2-15(3-5-17)12-26-8-6-14(7-9-26)10-16-11-18(24)20(25)22-21(16)30-13-19(31-22)23(27)28;/h2-5,11,14,19H,6-10,12-13,25H2,1H3,(H,27,28);1H. The maximum absolute atomic E-state index is 11.3. The van der Waals surface area contributed by atoms with Gasteiger partial charge in [0, 0.05) is 6.54 Å². The topological polar surface area (TPSA) is 94.2 Å². The summed E-state index contributed by atoms with van der Waals surface area (Å²) in [5.41, 5.74) is 8.45. The minimum Gasteiger partial charge on any atom is -0.497 e. The fraction of sp³-hybridized carbons (Fsp3) is 0.435. The Labute approximate surface area is 198 Å². The van der Waals surface area contributed by atoms with Crippen LogP contribution in [-0.4, -0.2) is 48.9 Å². The first kappa shape index (κ1) is 24.3. The Morgan fingerprint density at radius 1 is 1.25 bits per heavy atom. The largest absolute Gasteiger partial charge is 0.497 e. The highest BCUT2D eigenvalue weighted by Crippen LogP contribution is 2.45. The number of ether oxygens (including phenoxy) is 3. The summed E-state index contributed by atoms with van der Waals surface area (Å²) in [5, 5.41) is 9.58. The van der Waals surface area contributed by atoms with E-state index < -0.39 is 12.1 Å². The molecule has 2 aliphatic rings. The van der Waals surface area contributed by atoms with Crippen LogP contribution in [0.5, 0.6) is 17.2 Å². The van der Waals surface area contributed by atoms with Crippen molar-refractivity contribution in [3.8, 4) is 17.2 Å². The molecule has 1 unspecified atom stereocenters. The number of nitrogens with zero attached hydrogens (tertiary/aromatic N) is 1. The van der Waals surface area contributed by atoms with Crippen LogP contribution in [0.1, 0.15) is 24.0 Å². The second-order valence-corrected chi connectivity index (χ2v) is 8.52. The third-order valence-corrected chi connectivity index (χ3v) is 6.31. The number of likely N-dealkylation sites (tertiary alicyclic amines) is 1. The Morgan fingerprint density at radius 2 is 1.94 bits per heavy atom. The molecule has 0 aliphatic carbocycles. The SMILES string of the molecule is COc1ccc(CN2CCC(Cc3cc(Cl)c(N)c4c3OCC(C(=O)O)O4)CC2)cc1.Cl. The lowest BCUT2D eigenvalue weighted by Gasteiger charge is -2.33. The molecule has 0 aromatic heterocycles. The molecule has 3 N–H and O–H groups in total. The molecule has 2 aromatic rings. The predicted molar refractivity (Wildman–Crippen MR) is 125 cm³/mol. The number of carbonyl (C=O) groups is 1. The summed E-state index contributed by atoms with van der Waals surface area (Å²) < 4.78 is 16.6. The highest BCUT2D eigenvalue weighted by atomic mass is 35.5. The normalized spacial score (nSPS) is 18.6. The lowest BCUT2D eigenvalue weighted by atomic mass is 9.89. The minimum atomic E-state index is -1.09. The van der Waals surface area contributed by atoms with Gasteiger partial charge in [0.05, 0.1) is 17.8 Å². The van der Waals surface area contributed by atoms with Gasteiger partial charge in [0.25, 0.3) is 0 Å². The van der Waals surface area contributed by atoms with Crippen LogP contribution in [0.3, 0.4) is 0 Å². The number of fused-ring (bicyclic) bond motifs is 1. The van der Waals surface area contributed by atoms with Gasteiger partial charge in [-0.2, -0.15) is 0 Å². The van der Waals surface area contributed by atoms with Gasteiger partial charge in [-0.1, -0.05) is 23.7 Å². The van der Waals surface area contributed by atoms with E-state index in [-0.39, 0.29) is 30.5 Å². The summed E-state index contributed by atoms with van der Waals surface area (Å²) in [7, 11) is 1.67. The Kier molecular flexibility index (Phi) is 7.98. The zero-order valence-electron chi connectivity index (χ0n) is 17.9. The second kappa shape index (κ2) is 10.5. The lowest BCUT2D eigenvalue weighted by Crippen LogP contribution is -2.37. The van der Waals surface area contributed by atoms with Crippen molar-refractivity contribution >= 4 is 35.7 Å². The molecular formula is C23H28Cl2N2O5. The van der Waals surface area contributed by atoms with E-state index in [1.54, 1.807) is 7.11 Å². The summed E-state index contributed by atoms with van der Waals surface area (Å²) in [6.45, 7) is 2.91. The Bertz CT molecular complexity index is 946. The van der Waals surface area contributed by atoms with Gasteiger partial charge in [0.2, 0.25) is 6.10 Å². The first-order valence-corrected chi connectivity index (χ1v) is 10.8. The molecule has 0 radical (unpaired) electrons. The number of nitrogens with two attached hydrogens (primary N) is 1. The fourth-order valence-corrected chi connectivity index (χ4v) is 4.42. The van der Waals surface area contributed by atoms with Crippen molar-refractivity contribution in [1.29, 1.82) is 0 Å². The number of hydrogen-bond donors (Lipinski definition) is 2. The molecule has 1 saturated heterocycles. The number of carboxylic acids is 1. The maximum atomic E-state index is 11.3. The van der Waals surface area contributed by atoms with E-state index in [9.17, 15) is 9.90 Å². The van der Waals surface area contributed by atoms with E-state index >= 15 is 0 Å². The van der Waals surface area contributed by atoms with E-state index in [0.717, 1.165) is 50.2 Å². The first-order chi connectivity index (χ1) is 14.9. The van der Waals surface area contributed by atoms with Crippen LogP contribution < -0.4 is 19.9 Å². The van der Waals surface area contributed by atoms with E-state index in [4.69, 9.17) is 31.5 Å². The highest BCUT2D eigenvalue weighted by Gasteiger charge is 2.32. The number of piperidine rings is 1. The van der Waals surface area contributed by atoms with Crippen molar-refractivity contribution in [2.24, 2.45) is 5.92 Å². The van der Waals surface area contributed by atoms with Crippen molar-refractivity contribution in [3.05, 3.63) is 46.5 Å². The van der Waals surface area contributed by atoms with Crippen molar-refractivity contribution in [2.75, 3.05) is 32.5 Å². The summed E-state index contributed by atoms with van der Waals surface area (Å²) >= 11 is 6.31. The van der Waals surface area contributed by atoms with Crippen LogP contribution in [0.15, 0.2) is 30.3 Å². The third kappa shape index (κ3) is 5.34. The van der Waals surface area contributed by atoms with E-state index in [1.165, 1.54) is 5.56 Å². The predicted octanol–water partition coefficient (Wildman–Crippen LogP) is 4.03. The third-order valence-electron chi connectivity index (χ3n) is 6.00. The van der Waals surface area contributed by atoms with Crippen LogP contribution in [0.25, 0.3) is 0 Å². The van der Waals surface area contributed by atoms with Gasteiger partial charge in [0.1, 0.15) is 12.4 Å². The second-order valence-electron chi connectivity index (χ2n) is 8.12. The first-order valence-electron chi connectivity index (χ1n) is 10.4. The molecule has 7 nitrogen and oxygen atoms in total. The van der Waals surface area contributed by atoms with E-state index in [2.05, 4.69) is 17.0 Å². The van der Waals surface area contributed by atoms with Crippen LogP contribution >= 0.6 is 24.0 Å². The maximum Gasteiger partial charge on any atom is 0.348 e. The van der Waals surface area contributed by atoms with Gasteiger partial charge < -0.3 is 25.1 Å². The van der Waals surface area contributed by atoms with Gasteiger partial charge in [-0.3, -0.25) is 4.90 Å². The monoisotopic (exact) mass is 482 g/mol. The number of rotatable bonds is 6. The number of anilines is 1. The van der Waals surface area contributed by atoms with Crippen molar-refractivity contribution < 1.29 is 24.1 Å². The molecule has 1 atom stereocenters. The molecule has 0 amide bonds. The molecule has 0 bridgehead atoms. The van der Waals surface area contributed by atoms with Gasteiger partial charge in [-0.05, 0) is 67.6 Å². The average Bonchev–Trinajstić information content (AvgIpc) is 2.78. The molecule has 1 fully saturated rings. The fourth-order valence-electron chi connectivity index (χ4n) is 4.21. The summed E-state index contributed by atoms with van der Waals surface area (Å²) in [6.07, 6.45) is 1.83. The molecule has 9 heteroatoms. The molecule has 2 aromatic carbocycles. The molecule has 32 heavy (non-hydrogen) atoms. The average molecular weight is 483 g/mol. The smallest absolute Gasteiger partial charge is 0.348 e. The zero-order chi connectivity index (χ0) is 22.0. The summed E-state index contributed by atoms with van der Waals surface area (Å²) in [5.74, 6) is 1.04. The highest BCUT2D eigenvalue weighted by molar-refractivity contribution is 6.33. The van der Waals surface area contributed by atoms with Crippen LogP contribution in [-0.2, 0) is 17.8 Å². The number of benzene rings is 2. The number of hydrogen-bond acceptors (Lipinski definition) is 6. The van der Waals surface area contributed by atoms with Crippen molar-refractivity contribution in [2.45, 2.75) is 31.9 Å². The van der Waals surface area contributed by atoms with Crippen LogP contribution in [0.4, 0.5) is 5.69 Å². The summed E-state index contributed by atoms with van der Waals surface area (Å²) in [6, 6.07) is 10.0. The zero-order valence-corrected chi connectivity index (χ0v) is 19.5. The van der Waals surface area contributed by atoms with Crippen LogP contribution in [0, 0.1) is 5.92 Å². The number of halogens is 2. The Balaban J connectivity index is 0.00000289. The van der Waals surface area contributed by atoms with Crippen LogP contribution in [0.2, 0.25) is 5.02 Å². The molecule has 2 heterocycles. The van der Waals surface area contributed by atoms with Crippen molar-refractivity contribution in [3.63, 3.8) is 0 Å². The molecule has 0 spiro atoms. The molecule has 0 saturated carbocycles. The van der Waals surface area contributed by atoms with Gasteiger partial charge >= 0.3 is 5.97 Å². The Morgan fingerprint density at radius 3 is 2.56 bits per heavy atom. The quantitative estimate of drug-likeness (QED) is 0.600. The van der Waals surface area contributed by atoms with E-state index in [1.807, 2.05) is 18.2 Å². The molecule has 4 rings (SSSR count). The molecular weight excluding hydrogens is 455 g/mol. The minimum absolute atomic E-state index is 0. The van der Waals surface area contributed by atoms with E-state index in [0.29, 0.717) is 16.7 Å². The summed E-state index contributed by atoms with van der Waals surface area (Å²) in [4.78, 5) is 13.7. The molecule has 174 valence electrons.